The number of hydrogen-bond acceptors (Lipinski definition) is 7. The van der Waals surface area contributed by atoms with E-state index < -0.39 is 30.2 Å². The number of nitrogens with zero attached hydrogens (tertiary/aromatic N) is 2. The van der Waals surface area contributed by atoms with Crippen LogP contribution in [0.1, 0.15) is 53.9 Å². The predicted octanol–water partition coefficient (Wildman–Crippen LogP) is 6.77. The van der Waals surface area contributed by atoms with Crippen molar-refractivity contribution in [3.8, 4) is 17.0 Å². The average molecular weight is 635 g/mol. The summed E-state index contributed by atoms with van der Waals surface area (Å²) in [6.07, 6.45) is 0.644. The number of phenolic OH excluding ortho intramolecular Hbond substituents is 1. The molecule has 2 amide bonds. The quantitative estimate of drug-likeness (QED) is 0.119. The second kappa shape index (κ2) is 11.3. The van der Waals surface area contributed by atoms with Crippen LogP contribution in [0.25, 0.3) is 22.2 Å². The van der Waals surface area contributed by atoms with Crippen molar-refractivity contribution in [1.82, 2.24) is 4.98 Å². The van der Waals surface area contributed by atoms with E-state index in [1.807, 2.05) is 13.0 Å². The van der Waals surface area contributed by atoms with Gasteiger partial charge in [0.15, 0.2) is 6.61 Å². The van der Waals surface area contributed by atoms with Crippen LogP contribution in [0.15, 0.2) is 95.5 Å². The number of rotatable bonds is 7. The lowest BCUT2D eigenvalue weighted by atomic mass is 10.00. The zero-order chi connectivity index (χ0) is 30.2. The normalized spacial score (nSPS) is 12.5. The van der Waals surface area contributed by atoms with Gasteiger partial charge in [-0.1, -0.05) is 59.3 Å². The Morgan fingerprint density at radius 1 is 0.860 bits per heavy atom. The number of carbonyl (C=O) groups is 4. The number of amides is 2. The molecule has 1 N–H and O–H groups in total. The summed E-state index contributed by atoms with van der Waals surface area (Å²) in [5.74, 6) is -2.23. The van der Waals surface area contributed by atoms with E-state index in [1.165, 1.54) is 12.1 Å². The highest BCUT2D eigenvalue weighted by Gasteiger charge is 2.36. The summed E-state index contributed by atoms with van der Waals surface area (Å²) in [6, 6.07) is 24.8. The molecule has 0 spiro atoms. The van der Waals surface area contributed by atoms with E-state index in [2.05, 4.69) is 15.9 Å². The van der Waals surface area contributed by atoms with Crippen molar-refractivity contribution in [2.24, 2.45) is 0 Å². The van der Waals surface area contributed by atoms with Crippen LogP contribution in [-0.2, 0) is 11.2 Å². The number of benzene rings is 4. The Hall–Kier alpha value is -5.15. The molecule has 0 atom stereocenters. The fourth-order valence-corrected chi connectivity index (χ4v) is 5.65. The number of imide groups is 1. The van der Waals surface area contributed by atoms with Crippen LogP contribution in [0.2, 0.25) is 0 Å². The van der Waals surface area contributed by atoms with Crippen LogP contribution in [-0.4, -0.2) is 40.3 Å². The third-order valence-corrected chi connectivity index (χ3v) is 7.77. The molecule has 1 aromatic heterocycles. The van der Waals surface area contributed by atoms with Crippen molar-refractivity contribution < 1.29 is 29.0 Å². The smallest absolute Gasteiger partial charge is 0.339 e. The van der Waals surface area contributed by atoms with Gasteiger partial charge < -0.3 is 9.84 Å². The summed E-state index contributed by atoms with van der Waals surface area (Å²) < 4.78 is 6.19. The van der Waals surface area contributed by atoms with Gasteiger partial charge in [-0.3, -0.25) is 14.4 Å². The molecule has 0 radical (unpaired) electrons. The molecule has 1 aliphatic rings. The number of halogens is 1. The number of pyridine rings is 1. The number of carbonyl (C=O) groups excluding carboxylic acids is 4. The third kappa shape index (κ3) is 5.08. The second-order valence-electron chi connectivity index (χ2n) is 9.92. The largest absolute Gasteiger partial charge is 0.507 e. The first kappa shape index (κ1) is 28.0. The maximum atomic E-state index is 13.4. The van der Waals surface area contributed by atoms with Gasteiger partial charge in [0.1, 0.15) is 5.75 Å². The number of aromatic hydroxyl groups is 1. The Morgan fingerprint density at radius 2 is 1.51 bits per heavy atom. The molecular weight excluding hydrogens is 612 g/mol. The minimum atomic E-state index is -0.722. The van der Waals surface area contributed by atoms with E-state index in [0.717, 1.165) is 14.9 Å². The van der Waals surface area contributed by atoms with Crippen LogP contribution < -0.4 is 4.90 Å². The summed E-state index contributed by atoms with van der Waals surface area (Å²) in [5.41, 5.74) is 4.01. The summed E-state index contributed by atoms with van der Waals surface area (Å²) >= 11 is 3.51. The minimum Gasteiger partial charge on any atom is -0.507 e. The van der Waals surface area contributed by atoms with Crippen LogP contribution in [0.3, 0.4) is 0 Å². The second-order valence-corrected chi connectivity index (χ2v) is 10.8. The lowest BCUT2D eigenvalue weighted by Crippen LogP contribution is -2.29. The number of anilines is 1. The van der Waals surface area contributed by atoms with Crippen molar-refractivity contribution in [2.75, 3.05) is 11.5 Å². The molecule has 2 heterocycles. The van der Waals surface area contributed by atoms with Gasteiger partial charge in [-0.15, -0.1) is 0 Å². The molecule has 0 fully saturated rings. The van der Waals surface area contributed by atoms with Crippen LogP contribution in [0.4, 0.5) is 5.69 Å². The lowest BCUT2D eigenvalue weighted by molar-refractivity contribution is 0.0475. The Bertz CT molecular complexity index is 1930. The van der Waals surface area contributed by atoms with Crippen LogP contribution in [0.5, 0.6) is 5.75 Å². The summed E-state index contributed by atoms with van der Waals surface area (Å²) in [5, 5.41) is 10.6. The van der Waals surface area contributed by atoms with Gasteiger partial charge in [-0.05, 0) is 66.6 Å². The summed E-state index contributed by atoms with van der Waals surface area (Å²) in [6.45, 7) is 1.43. The summed E-state index contributed by atoms with van der Waals surface area (Å²) in [7, 11) is 0. The standard InChI is InChI=1S/C34H23BrN2O6/c1-2-19-15-21(35)16-26-27(34(42)43-18-30(39)25-9-5-6-10-29(25)38)17-28(36-31(19)26)20-11-13-22(14-12-20)37-32(40)23-7-3-4-8-24(23)33(37)41/h3-17,38H,2,18H2,1H3. The summed E-state index contributed by atoms with van der Waals surface area (Å²) in [4.78, 5) is 58.0. The van der Waals surface area contributed by atoms with E-state index >= 15 is 0 Å². The molecule has 0 aliphatic carbocycles. The number of phenols is 1. The molecule has 8 nitrogen and oxygen atoms in total. The minimum absolute atomic E-state index is 0.0599. The highest BCUT2D eigenvalue weighted by Crippen LogP contribution is 2.33. The van der Waals surface area contributed by atoms with Crippen LogP contribution >= 0.6 is 15.9 Å². The number of para-hydroxylation sites is 1. The molecule has 43 heavy (non-hydrogen) atoms. The average Bonchev–Trinajstić information content (AvgIpc) is 3.28. The SMILES string of the molecule is CCc1cc(Br)cc2c(C(=O)OCC(=O)c3ccccc3O)cc(-c3ccc(N4C(=O)c5ccccc5C4=O)cc3)nc12. The number of fused-ring (bicyclic) bond motifs is 2. The molecular formula is C34H23BrN2O6. The Morgan fingerprint density at radius 3 is 2.16 bits per heavy atom. The van der Waals surface area contributed by atoms with E-state index in [0.29, 0.717) is 45.4 Å². The van der Waals surface area contributed by atoms with E-state index in [4.69, 9.17) is 9.72 Å². The highest BCUT2D eigenvalue weighted by molar-refractivity contribution is 9.10. The van der Waals surface area contributed by atoms with E-state index in [1.54, 1.807) is 72.8 Å². The van der Waals surface area contributed by atoms with Crippen LogP contribution in [0, 0.1) is 0 Å². The molecule has 4 aromatic carbocycles. The lowest BCUT2D eigenvalue weighted by Gasteiger charge is -2.15. The fraction of sp³-hybridized carbons (Fsp3) is 0.0882. The molecule has 0 bridgehead atoms. The zero-order valence-electron chi connectivity index (χ0n) is 22.8. The number of esters is 1. The van der Waals surface area contributed by atoms with Crippen molar-refractivity contribution >= 4 is 56.1 Å². The molecule has 5 aromatic rings. The topological polar surface area (TPSA) is 114 Å². The van der Waals surface area contributed by atoms with Gasteiger partial charge in [0.25, 0.3) is 11.8 Å². The van der Waals surface area contributed by atoms with Gasteiger partial charge >= 0.3 is 5.97 Å². The fourth-order valence-electron chi connectivity index (χ4n) is 5.15. The number of ketones is 1. The van der Waals surface area contributed by atoms with Gasteiger partial charge in [0.2, 0.25) is 5.78 Å². The van der Waals surface area contributed by atoms with Gasteiger partial charge in [0, 0.05) is 15.4 Å². The molecule has 1 aliphatic heterocycles. The van der Waals surface area contributed by atoms with Gasteiger partial charge in [0.05, 0.1) is 39.2 Å². The Labute approximate surface area is 254 Å². The van der Waals surface area contributed by atoms with Gasteiger partial charge in [-0.25, -0.2) is 14.7 Å². The van der Waals surface area contributed by atoms with Crippen molar-refractivity contribution in [3.05, 3.63) is 123 Å². The van der Waals surface area contributed by atoms with E-state index in [-0.39, 0.29) is 16.9 Å². The zero-order valence-corrected chi connectivity index (χ0v) is 24.4. The monoisotopic (exact) mass is 634 g/mol. The van der Waals surface area contributed by atoms with Crippen molar-refractivity contribution in [2.45, 2.75) is 13.3 Å². The number of aryl methyl sites for hydroxylation is 1. The van der Waals surface area contributed by atoms with E-state index in [9.17, 15) is 24.3 Å². The number of Topliss-reactive ketones (excluding diaryl/α,β-unsaturated/α-hetero) is 1. The third-order valence-electron chi connectivity index (χ3n) is 7.31. The predicted molar refractivity (Wildman–Crippen MR) is 165 cm³/mol. The number of aromatic nitrogens is 1. The number of ether oxygens (including phenoxy) is 1. The molecule has 6 rings (SSSR count). The molecule has 0 saturated heterocycles. The highest BCUT2D eigenvalue weighted by atomic mass is 79.9. The first-order valence-corrected chi connectivity index (χ1v) is 14.3. The first-order valence-electron chi connectivity index (χ1n) is 13.5. The van der Waals surface area contributed by atoms with Crippen molar-refractivity contribution in [3.63, 3.8) is 0 Å². The molecule has 212 valence electrons. The maximum absolute atomic E-state index is 13.4. The molecule has 9 heteroatoms. The van der Waals surface area contributed by atoms with Crippen molar-refractivity contribution in [1.29, 1.82) is 0 Å². The Kier molecular flexibility index (Phi) is 7.33. The molecule has 0 saturated carbocycles. The molecule has 0 unspecified atom stereocenters. The van der Waals surface area contributed by atoms with Gasteiger partial charge in [-0.2, -0.15) is 0 Å². The maximum Gasteiger partial charge on any atom is 0.339 e. The first-order chi connectivity index (χ1) is 20.8. The number of hydrogen-bond donors (Lipinski definition) is 1. The Balaban J connectivity index is 1.35.